The molecule has 7 nitrogen and oxygen atoms in total. The monoisotopic (exact) mass is 333 g/mol. The first-order valence-electron chi connectivity index (χ1n) is 7.50. The number of hydrogen-bond acceptors (Lipinski definition) is 5. The third-order valence-corrected chi connectivity index (χ3v) is 3.53. The third kappa shape index (κ3) is 3.89. The number of carbonyl (C=O) groups is 2. The fourth-order valence-corrected chi connectivity index (χ4v) is 2.31. The van der Waals surface area contributed by atoms with Crippen molar-refractivity contribution < 1.29 is 23.1 Å². The van der Waals surface area contributed by atoms with Crippen molar-refractivity contribution in [1.82, 2.24) is 15.2 Å². The predicted molar refractivity (Wildman–Crippen MR) is 80.8 cm³/mol. The van der Waals surface area contributed by atoms with E-state index in [9.17, 15) is 14.0 Å². The van der Waals surface area contributed by atoms with E-state index in [1.54, 1.807) is 11.0 Å². The second kappa shape index (κ2) is 7.12. The maximum Gasteiger partial charge on any atom is 0.275 e. The van der Waals surface area contributed by atoms with Crippen molar-refractivity contribution in [1.29, 1.82) is 0 Å². The van der Waals surface area contributed by atoms with Gasteiger partial charge in [-0.2, -0.15) is 0 Å². The number of carbonyl (C=O) groups excluding carboxylic acids is 2. The highest BCUT2D eigenvalue weighted by Gasteiger charge is 2.22. The van der Waals surface area contributed by atoms with Crippen LogP contribution in [-0.2, 0) is 11.4 Å². The minimum absolute atomic E-state index is 0.0171. The number of amides is 2. The maximum absolute atomic E-state index is 13.1. The summed E-state index contributed by atoms with van der Waals surface area (Å²) in [6, 6.07) is 5.70. The van der Waals surface area contributed by atoms with E-state index < -0.39 is 5.82 Å². The van der Waals surface area contributed by atoms with Gasteiger partial charge in [0, 0.05) is 32.1 Å². The summed E-state index contributed by atoms with van der Waals surface area (Å²) in [5.41, 5.74) is 0.155. The summed E-state index contributed by atoms with van der Waals surface area (Å²) in [5.74, 6) is -0.216. The zero-order valence-electron chi connectivity index (χ0n) is 12.8. The van der Waals surface area contributed by atoms with Crippen LogP contribution >= 0.6 is 0 Å². The first-order chi connectivity index (χ1) is 11.6. The Hall–Kier alpha value is -2.90. The largest absolute Gasteiger partial charge is 0.484 e. The minimum Gasteiger partial charge on any atom is -0.484 e. The molecule has 0 unspecified atom stereocenters. The zero-order chi connectivity index (χ0) is 16.9. The standard InChI is InChI=1S/C16H16FN3O4/c17-11-2-1-3-12(8-11)23-10-15-19-13(9-24-15)16(22)20-6-4-14(21)18-5-7-20/h1-3,8-9H,4-7,10H2,(H,18,21). The number of ether oxygens (including phenoxy) is 1. The fourth-order valence-electron chi connectivity index (χ4n) is 2.31. The van der Waals surface area contributed by atoms with Gasteiger partial charge in [-0.25, -0.2) is 9.37 Å². The Kier molecular flexibility index (Phi) is 4.74. The molecule has 2 heterocycles. The van der Waals surface area contributed by atoms with Gasteiger partial charge in [0.25, 0.3) is 5.91 Å². The highest BCUT2D eigenvalue weighted by molar-refractivity contribution is 5.92. The number of aromatic nitrogens is 1. The highest BCUT2D eigenvalue weighted by atomic mass is 19.1. The van der Waals surface area contributed by atoms with Crippen LogP contribution in [0.15, 0.2) is 34.9 Å². The summed E-state index contributed by atoms with van der Waals surface area (Å²) in [4.78, 5) is 29.3. The maximum atomic E-state index is 13.1. The van der Waals surface area contributed by atoms with Gasteiger partial charge in [-0.05, 0) is 12.1 Å². The van der Waals surface area contributed by atoms with Gasteiger partial charge in [-0.1, -0.05) is 6.07 Å². The van der Waals surface area contributed by atoms with Crippen LogP contribution in [0.3, 0.4) is 0 Å². The van der Waals surface area contributed by atoms with Crippen molar-refractivity contribution >= 4 is 11.8 Å². The van der Waals surface area contributed by atoms with Crippen LogP contribution in [0.2, 0.25) is 0 Å². The summed E-state index contributed by atoms with van der Waals surface area (Å²) in [6.07, 6.45) is 1.52. The van der Waals surface area contributed by atoms with Gasteiger partial charge in [0.15, 0.2) is 12.3 Å². The third-order valence-electron chi connectivity index (χ3n) is 3.53. The van der Waals surface area contributed by atoms with Crippen LogP contribution in [0.1, 0.15) is 22.8 Å². The smallest absolute Gasteiger partial charge is 0.275 e. The number of halogens is 1. The highest BCUT2D eigenvalue weighted by Crippen LogP contribution is 2.14. The molecular formula is C16H16FN3O4. The van der Waals surface area contributed by atoms with Crippen LogP contribution in [0.25, 0.3) is 0 Å². The molecule has 2 aromatic rings. The molecule has 0 atom stereocenters. The lowest BCUT2D eigenvalue weighted by Gasteiger charge is -2.17. The molecule has 0 bridgehead atoms. The Morgan fingerprint density at radius 3 is 3.12 bits per heavy atom. The number of benzene rings is 1. The Morgan fingerprint density at radius 2 is 2.29 bits per heavy atom. The number of nitrogens with one attached hydrogen (secondary N) is 1. The van der Waals surface area contributed by atoms with E-state index in [4.69, 9.17) is 9.15 Å². The molecule has 0 radical (unpaired) electrons. The lowest BCUT2D eigenvalue weighted by atomic mass is 10.3. The quantitative estimate of drug-likeness (QED) is 0.913. The lowest BCUT2D eigenvalue weighted by Crippen LogP contribution is -2.34. The molecule has 0 spiro atoms. The molecule has 0 saturated carbocycles. The second-order valence-corrected chi connectivity index (χ2v) is 5.26. The van der Waals surface area contributed by atoms with Crippen molar-refractivity contribution in [3.63, 3.8) is 0 Å². The number of hydrogen-bond donors (Lipinski definition) is 1. The molecule has 1 aliphatic rings. The van der Waals surface area contributed by atoms with Crippen molar-refractivity contribution in [2.75, 3.05) is 19.6 Å². The van der Waals surface area contributed by atoms with E-state index in [0.717, 1.165) is 0 Å². The van der Waals surface area contributed by atoms with E-state index in [1.807, 2.05) is 0 Å². The van der Waals surface area contributed by atoms with E-state index in [0.29, 0.717) is 25.4 Å². The number of oxazole rings is 1. The van der Waals surface area contributed by atoms with E-state index >= 15 is 0 Å². The summed E-state index contributed by atoms with van der Waals surface area (Å²) in [5, 5.41) is 2.70. The molecule has 1 aromatic heterocycles. The van der Waals surface area contributed by atoms with Crippen LogP contribution in [0.4, 0.5) is 4.39 Å². The first kappa shape index (κ1) is 16.0. The number of nitrogens with zero attached hydrogens (tertiary/aromatic N) is 2. The molecule has 2 amide bonds. The van der Waals surface area contributed by atoms with Gasteiger partial charge >= 0.3 is 0 Å². The summed E-state index contributed by atoms with van der Waals surface area (Å²) < 4.78 is 23.7. The molecule has 8 heteroatoms. The van der Waals surface area contributed by atoms with E-state index in [2.05, 4.69) is 10.3 Å². The normalized spacial score (nSPS) is 14.9. The molecule has 1 aliphatic heterocycles. The second-order valence-electron chi connectivity index (χ2n) is 5.26. The number of rotatable bonds is 4. The molecule has 126 valence electrons. The van der Waals surface area contributed by atoms with Crippen molar-refractivity contribution in [2.24, 2.45) is 0 Å². The van der Waals surface area contributed by atoms with E-state index in [-0.39, 0.29) is 36.4 Å². The Labute approximate surface area is 137 Å². The minimum atomic E-state index is -0.403. The Morgan fingerprint density at radius 1 is 1.42 bits per heavy atom. The van der Waals surface area contributed by atoms with Gasteiger partial charge in [-0.15, -0.1) is 0 Å². The molecule has 1 fully saturated rings. The average Bonchev–Trinajstić information content (AvgIpc) is 2.94. The topological polar surface area (TPSA) is 84.7 Å². The Balaban J connectivity index is 1.60. The van der Waals surface area contributed by atoms with Crippen LogP contribution in [0.5, 0.6) is 5.75 Å². The molecule has 1 N–H and O–H groups in total. The zero-order valence-corrected chi connectivity index (χ0v) is 12.8. The van der Waals surface area contributed by atoms with Crippen molar-refractivity contribution in [3.8, 4) is 5.75 Å². The first-order valence-corrected chi connectivity index (χ1v) is 7.50. The van der Waals surface area contributed by atoms with Crippen LogP contribution in [0, 0.1) is 5.82 Å². The van der Waals surface area contributed by atoms with Crippen molar-refractivity contribution in [2.45, 2.75) is 13.0 Å². The van der Waals surface area contributed by atoms with Gasteiger partial charge < -0.3 is 19.4 Å². The molecule has 1 aromatic carbocycles. The molecule has 3 rings (SSSR count). The fraction of sp³-hybridized carbons (Fsp3) is 0.312. The van der Waals surface area contributed by atoms with Gasteiger partial charge in [0.05, 0.1) is 0 Å². The Bertz CT molecular complexity index is 746. The lowest BCUT2D eigenvalue weighted by molar-refractivity contribution is -0.120. The SMILES string of the molecule is O=C1CCN(C(=O)c2coc(COc3cccc(F)c3)n2)CCN1. The molecule has 0 aliphatic carbocycles. The van der Waals surface area contributed by atoms with Gasteiger partial charge in [0.1, 0.15) is 17.8 Å². The van der Waals surface area contributed by atoms with Crippen molar-refractivity contribution in [3.05, 3.63) is 47.9 Å². The van der Waals surface area contributed by atoms with Gasteiger partial charge in [-0.3, -0.25) is 9.59 Å². The summed E-state index contributed by atoms with van der Waals surface area (Å²) in [7, 11) is 0. The van der Waals surface area contributed by atoms with Gasteiger partial charge in [0.2, 0.25) is 11.8 Å². The average molecular weight is 333 g/mol. The predicted octanol–water partition coefficient (Wildman–Crippen LogP) is 1.35. The molecule has 24 heavy (non-hydrogen) atoms. The van der Waals surface area contributed by atoms with Crippen LogP contribution in [-0.4, -0.2) is 41.3 Å². The van der Waals surface area contributed by atoms with Crippen LogP contribution < -0.4 is 10.1 Å². The molecular weight excluding hydrogens is 317 g/mol. The summed E-state index contributed by atoms with van der Waals surface area (Å²) in [6.45, 7) is 1.16. The van der Waals surface area contributed by atoms with E-state index in [1.165, 1.54) is 24.5 Å². The summed E-state index contributed by atoms with van der Waals surface area (Å²) >= 11 is 0. The molecule has 1 saturated heterocycles.